The van der Waals surface area contributed by atoms with E-state index in [0.29, 0.717) is 0 Å². The third-order valence-electron chi connectivity index (χ3n) is 3.03. The first kappa shape index (κ1) is 10.8. The average Bonchev–Trinajstić information content (AvgIpc) is 2.52. The molecular formula is C12H8O6. The molecule has 1 aliphatic carbocycles. The van der Waals surface area contributed by atoms with E-state index in [-0.39, 0.29) is 22.8 Å². The molecule has 6 nitrogen and oxygen atoms in total. The van der Waals surface area contributed by atoms with Crippen molar-refractivity contribution in [3.63, 3.8) is 0 Å². The number of fused-ring (bicyclic) bond motifs is 3. The normalized spacial score (nSPS) is 25.3. The lowest BCUT2D eigenvalue weighted by atomic mass is 9.82. The van der Waals surface area contributed by atoms with E-state index in [1.807, 2.05) is 0 Å². The molecule has 6 heteroatoms. The Hall–Kier alpha value is -2.34. The molecule has 92 valence electrons. The number of carbonyl (C=O) groups is 2. The molecule has 3 rings (SSSR count). The standard InChI is InChI=1S/C12H8O6/c13-5-1-7(15)11-8(2-5)18-10-4-6(14)3-9(16)12(10,11)17/h1-2,4,13,15,17H,3H2. The Morgan fingerprint density at radius 3 is 2.67 bits per heavy atom. The molecule has 1 heterocycles. The zero-order chi connectivity index (χ0) is 13.1. The van der Waals surface area contributed by atoms with Crippen molar-refractivity contribution in [2.24, 2.45) is 0 Å². The first-order valence-corrected chi connectivity index (χ1v) is 5.18. The van der Waals surface area contributed by atoms with E-state index >= 15 is 0 Å². The molecule has 0 radical (unpaired) electrons. The van der Waals surface area contributed by atoms with E-state index in [2.05, 4.69) is 0 Å². The summed E-state index contributed by atoms with van der Waals surface area (Å²) in [5.41, 5.74) is -2.27. The van der Waals surface area contributed by atoms with Gasteiger partial charge in [-0.25, -0.2) is 0 Å². The van der Waals surface area contributed by atoms with Crippen LogP contribution < -0.4 is 4.74 Å². The van der Waals surface area contributed by atoms with Crippen LogP contribution in [0.25, 0.3) is 0 Å². The highest BCUT2D eigenvalue weighted by atomic mass is 16.5. The lowest BCUT2D eigenvalue weighted by molar-refractivity contribution is -0.139. The molecule has 1 atom stereocenters. The summed E-state index contributed by atoms with van der Waals surface area (Å²) >= 11 is 0. The van der Waals surface area contributed by atoms with Gasteiger partial charge in [-0.15, -0.1) is 0 Å². The van der Waals surface area contributed by atoms with E-state index in [1.54, 1.807) is 0 Å². The van der Waals surface area contributed by atoms with Gasteiger partial charge in [0.05, 0.1) is 12.0 Å². The van der Waals surface area contributed by atoms with Crippen molar-refractivity contribution in [2.45, 2.75) is 12.0 Å². The quantitative estimate of drug-likeness (QED) is 0.563. The van der Waals surface area contributed by atoms with Crippen LogP contribution in [-0.2, 0) is 15.2 Å². The third-order valence-corrected chi connectivity index (χ3v) is 3.03. The highest BCUT2D eigenvalue weighted by Gasteiger charge is 2.54. The second kappa shape index (κ2) is 3.11. The van der Waals surface area contributed by atoms with E-state index in [9.17, 15) is 24.9 Å². The van der Waals surface area contributed by atoms with Crippen molar-refractivity contribution < 1.29 is 29.6 Å². The highest BCUT2D eigenvalue weighted by molar-refractivity contribution is 6.13. The van der Waals surface area contributed by atoms with Gasteiger partial charge in [-0.3, -0.25) is 9.59 Å². The lowest BCUT2D eigenvalue weighted by Crippen LogP contribution is -2.40. The first-order chi connectivity index (χ1) is 8.42. The SMILES string of the molecule is O=C1C=C2Oc3cc(O)cc(O)c3C2(O)C(=O)C1. The molecule has 3 N–H and O–H groups in total. The van der Waals surface area contributed by atoms with E-state index < -0.39 is 29.3 Å². The van der Waals surface area contributed by atoms with Crippen LogP contribution in [0, 0.1) is 0 Å². The summed E-state index contributed by atoms with van der Waals surface area (Å²) in [6.45, 7) is 0. The number of benzene rings is 1. The van der Waals surface area contributed by atoms with Gasteiger partial charge in [0.25, 0.3) is 0 Å². The van der Waals surface area contributed by atoms with Gasteiger partial charge < -0.3 is 20.1 Å². The van der Waals surface area contributed by atoms with Crippen LogP contribution in [0.2, 0.25) is 0 Å². The van der Waals surface area contributed by atoms with Crippen molar-refractivity contribution in [3.05, 3.63) is 29.5 Å². The van der Waals surface area contributed by atoms with Crippen molar-refractivity contribution in [1.29, 1.82) is 0 Å². The molecule has 2 aliphatic rings. The van der Waals surface area contributed by atoms with Gasteiger partial charge in [-0.1, -0.05) is 0 Å². The lowest BCUT2D eigenvalue weighted by Gasteiger charge is -2.24. The molecular weight excluding hydrogens is 240 g/mol. The second-order valence-corrected chi connectivity index (χ2v) is 4.23. The zero-order valence-electron chi connectivity index (χ0n) is 9.01. The fourth-order valence-electron chi connectivity index (χ4n) is 2.24. The summed E-state index contributed by atoms with van der Waals surface area (Å²) in [4.78, 5) is 23.1. The van der Waals surface area contributed by atoms with Gasteiger partial charge in [0.15, 0.2) is 17.3 Å². The molecule has 0 aromatic heterocycles. The van der Waals surface area contributed by atoms with Gasteiger partial charge in [0.2, 0.25) is 5.60 Å². The number of carbonyl (C=O) groups excluding carboxylic acids is 2. The number of hydrogen-bond donors (Lipinski definition) is 3. The Morgan fingerprint density at radius 1 is 1.22 bits per heavy atom. The van der Waals surface area contributed by atoms with Crippen molar-refractivity contribution in [2.75, 3.05) is 0 Å². The van der Waals surface area contributed by atoms with Crippen LogP contribution in [0.4, 0.5) is 0 Å². The molecule has 18 heavy (non-hydrogen) atoms. The summed E-state index contributed by atoms with van der Waals surface area (Å²) in [5.74, 6) is -2.24. The van der Waals surface area contributed by atoms with E-state index in [4.69, 9.17) is 4.74 Å². The van der Waals surface area contributed by atoms with Crippen LogP contribution in [0.5, 0.6) is 17.2 Å². The molecule has 0 saturated carbocycles. The summed E-state index contributed by atoms with van der Waals surface area (Å²) in [6.07, 6.45) is 0.570. The minimum absolute atomic E-state index is 0.0377. The average molecular weight is 248 g/mol. The first-order valence-electron chi connectivity index (χ1n) is 5.18. The third kappa shape index (κ3) is 1.15. The van der Waals surface area contributed by atoms with Crippen LogP contribution in [0.1, 0.15) is 12.0 Å². The van der Waals surface area contributed by atoms with Crippen molar-refractivity contribution in [3.8, 4) is 17.2 Å². The van der Waals surface area contributed by atoms with E-state index in [1.165, 1.54) is 0 Å². The molecule has 0 saturated heterocycles. The molecule has 0 bridgehead atoms. The molecule has 1 aliphatic heterocycles. The van der Waals surface area contributed by atoms with Gasteiger partial charge in [-0.2, -0.15) is 0 Å². The van der Waals surface area contributed by atoms with Gasteiger partial charge >= 0.3 is 0 Å². The van der Waals surface area contributed by atoms with Crippen molar-refractivity contribution in [1.82, 2.24) is 0 Å². The fourth-order valence-corrected chi connectivity index (χ4v) is 2.24. The predicted octanol–water partition coefficient (Wildman–Crippen LogP) is 0.104. The number of phenols is 2. The fraction of sp³-hybridized carbons (Fsp3) is 0.167. The number of aromatic hydroxyl groups is 2. The highest BCUT2D eigenvalue weighted by Crippen LogP contribution is 2.51. The van der Waals surface area contributed by atoms with Crippen LogP contribution in [-0.4, -0.2) is 26.9 Å². The summed E-state index contributed by atoms with van der Waals surface area (Å²) < 4.78 is 5.17. The largest absolute Gasteiger partial charge is 0.508 e. The number of phenolic OH excluding ortho intramolecular Hbond substituents is 2. The number of rotatable bonds is 0. The summed E-state index contributed by atoms with van der Waals surface area (Å²) in [5, 5.41) is 29.4. The zero-order valence-corrected chi connectivity index (χ0v) is 9.01. The number of aliphatic hydroxyl groups is 1. The molecule has 0 spiro atoms. The van der Waals surface area contributed by atoms with Gasteiger partial charge in [-0.05, 0) is 0 Å². The maximum absolute atomic E-state index is 11.8. The van der Waals surface area contributed by atoms with Gasteiger partial charge in [0.1, 0.15) is 17.2 Å². The monoisotopic (exact) mass is 248 g/mol. The molecule has 1 aromatic carbocycles. The number of ketones is 2. The minimum atomic E-state index is -2.14. The summed E-state index contributed by atoms with van der Waals surface area (Å²) in [6, 6.07) is 2.15. The molecule has 1 aromatic rings. The number of hydrogen-bond acceptors (Lipinski definition) is 6. The van der Waals surface area contributed by atoms with Crippen LogP contribution in [0.3, 0.4) is 0 Å². The van der Waals surface area contributed by atoms with Gasteiger partial charge in [0, 0.05) is 18.2 Å². The molecule has 0 fully saturated rings. The maximum Gasteiger partial charge on any atom is 0.214 e. The number of allylic oxidation sites excluding steroid dienone is 1. The smallest absolute Gasteiger partial charge is 0.214 e. The number of ether oxygens (including phenoxy) is 1. The minimum Gasteiger partial charge on any atom is -0.508 e. The van der Waals surface area contributed by atoms with E-state index in [0.717, 1.165) is 18.2 Å². The Morgan fingerprint density at radius 2 is 1.94 bits per heavy atom. The maximum atomic E-state index is 11.8. The van der Waals surface area contributed by atoms with Crippen LogP contribution in [0.15, 0.2) is 24.0 Å². The Balaban J connectivity index is 2.32. The van der Waals surface area contributed by atoms with Crippen LogP contribution >= 0.6 is 0 Å². The Labute approximate surface area is 101 Å². The van der Waals surface area contributed by atoms with Crippen molar-refractivity contribution >= 4 is 11.6 Å². The molecule has 1 unspecified atom stereocenters. The summed E-state index contributed by atoms with van der Waals surface area (Å²) in [7, 11) is 0. The predicted molar refractivity (Wildman–Crippen MR) is 57.0 cm³/mol. The second-order valence-electron chi connectivity index (χ2n) is 4.23. The Kier molecular flexibility index (Phi) is 1.86. The Bertz CT molecular complexity index is 630. The molecule has 0 amide bonds. The number of Topliss-reactive ketones (excluding diaryl/α,β-unsaturated/α-hetero) is 1. The topological polar surface area (TPSA) is 104 Å².